The van der Waals surface area contributed by atoms with E-state index < -0.39 is 5.92 Å². The maximum atomic E-state index is 12.5. The molecule has 0 radical (unpaired) electrons. The molecule has 0 unspecified atom stereocenters. The predicted molar refractivity (Wildman–Crippen MR) is 51.4 cm³/mol. The highest BCUT2D eigenvalue weighted by Crippen LogP contribution is 2.27. The van der Waals surface area contributed by atoms with E-state index in [0.717, 1.165) is 5.56 Å². The fourth-order valence-electron chi connectivity index (χ4n) is 1.79. The van der Waals surface area contributed by atoms with Crippen LogP contribution in [-0.2, 0) is 6.54 Å². The molecule has 14 heavy (non-hydrogen) atoms. The summed E-state index contributed by atoms with van der Waals surface area (Å²) in [6.45, 7) is 2.45. The monoisotopic (exact) mass is 197 g/mol. The molecule has 0 N–H and O–H groups in total. The summed E-state index contributed by atoms with van der Waals surface area (Å²) in [6.07, 6.45) is 0. The van der Waals surface area contributed by atoms with Gasteiger partial charge in [-0.2, -0.15) is 0 Å². The van der Waals surface area contributed by atoms with Crippen LogP contribution in [0.1, 0.15) is 11.1 Å². The largest absolute Gasteiger partial charge is 0.287 e. The van der Waals surface area contributed by atoms with Gasteiger partial charge in [0, 0.05) is 6.54 Å². The number of halogens is 2. The van der Waals surface area contributed by atoms with Crippen LogP contribution >= 0.6 is 0 Å². The molecule has 1 aromatic rings. The van der Waals surface area contributed by atoms with Crippen molar-refractivity contribution in [2.24, 2.45) is 0 Å². The molecule has 0 saturated carbocycles. The summed E-state index contributed by atoms with van der Waals surface area (Å²) in [5, 5.41) is 0. The van der Waals surface area contributed by atoms with Crippen molar-refractivity contribution in [3.63, 3.8) is 0 Å². The Morgan fingerprint density at radius 1 is 1.36 bits per heavy atom. The highest BCUT2D eigenvalue weighted by Gasteiger charge is 2.43. The summed E-state index contributed by atoms with van der Waals surface area (Å²) in [7, 11) is 0. The van der Waals surface area contributed by atoms with Gasteiger partial charge in [0.05, 0.1) is 13.1 Å². The van der Waals surface area contributed by atoms with E-state index in [2.05, 4.69) is 0 Å². The van der Waals surface area contributed by atoms with Crippen molar-refractivity contribution in [2.75, 3.05) is 13.1 Å². The Balaban J connectivity index is 1.93. The third kappa shape index (κ3) is 2.10. The summed E-state index contributed by atoms with van der Waals surface area (Å²) < 4.78 is 25.1. The van der Waals surface area contributed by atoms with Crippen LogP contribution in [0.15, 0.2) is 24.3 Å². The summed E-state index contributed by atoms with van der Waals surface area (Å²) in [4.78, 5) is 1.76. The van der Waals surface area contributed by atoms with E-state index in [1.54, 1.807) is 4.90 Å². The van der Waals surface area contributed by atoms with Gasteiger partial charge in [-0.25, -0.2) is 8.78 Å². The molecule has 2 rings (SSSR count). The number of rotatable bonds is 2. The van der Waals surface area contributed by atoms with Gasteiger partial charge in [0.25, 0.3) is 5.92 Å². The van der Waals surface area contributed by atoms with Crippen molar-refractivity contribution < 1.29 is 8.78 Å². The average molecular weight is 197 g/mol. The summed E-state index contributed by atoms with van der Waals surface area (Å²) >= 11 is 0. The van der Waals surface area contributed by atoms with Crippen molar-refractivity contribution in [2.45, 2.75) is 19.4 Å². The van der Waals surface area contributed by atoms with E-state index in [0.29, 0.717) is 6.54 Å². The molecule has 1 aliphatic heterocycles. The minimum atomic E-state index is -2.45. The molecule has 0 atom stereocenters. The van der Waals surface area contributed by atoms with Crippen LogP contribution in [0, 0.1) is 6.92 Å². The fraction of sp³-hybridized carbons (Fsp3) is 0.455. The lowest BCUT2D eigenvalue weighted by atomic mass is 10.1. The second-order valence-corrected chi connectivity index (χ2v) is 3.99. The number of benzene rings is 1. The van der Waals surface area contributed by atoms with E-state index in [4.69, 9.17) is 0 Å². The minimum Gasteiger partial charge on any atom is -0.287 e. The Hall–Kier alpha value is -0.960. The van der Waals surface area contributed by atoms with E-state index in [1.807, 2.05) is 31.2 Å². The first-order chi connectivity index (χ1) is 6.55. The van der Waals surface area contributed by atoms with Gasteiger partial charge in [-0.1, -0.05) is 29.8 Å². The van der Waals surface area contributed by atoms with Gasteiger partial charge in [-0.3, -0.25) is 4.90 Å². The van der Waals surface area contributed by atoms with Crippen LogP contribution in [0.5, 0.6) is 0 Å². The molecule has 1 heterocycles. The lowest BCUT2D eigenvalue weighted by molar-refractivity contribution is -0.133. The first-order valence-electron chi connectivity index (χ1n) is 4.71. The van der Waals surface area contributed by atoms with Gasteiger partial charge in [-0.15, -0.1) is 0 Å². The van der Waals surface area contributed by atoms with Crippen LogP contribution in [-0.4, -0.2) is 23.9 Å². The first kappa shape index (κ1) is 9.59. The van der Waals surface area contributed by atoms with Gasteiger partial charge in [-0.05, 0) is 12.5 Å². The maximum absolute atomic E-state index is 12.5. The van der Waals surface area contributed by atoms with E-state index >= 15 is 0 Å². The number of hydrogen-bond acceptors (Lipinski definition) is 1. The van der Waals surface area contributed by atoms with E-state index in [-0.39, 0.29) is 13.1 Å². The predicted octanol–water partition coefficient (Wildman–Crippen LogP) is 2.45. The third-order valence-electron chi connectivity index (χ3n) is 2.40. The van der Waals surface area contributed by atoms with Gasteiger partial charge in [0.2, 0.25) is 0 Å². The molecule has 1 fully saturated rings. The Labute approximate surface area is 82.3 Å². The number of likely N-dealkylation sites (tertiary alicyclic amines) is 1. The second-order valence-electron chi connectivity index (χ2n) is 3.99. The summed E-state index contributed by atoms with van der Waals surface area (Å²) in [6, 6.07) is 7.98. The number of alkyl halides is 2. The second kappa shape index (κ2) is 3.31. The summed E-state index contributed by atoms with van der Waals surface area (Å²) in [5.41, 5.74) is 2.29. The minimum absolute atomic E-state index is 0.0963. The SMILES string of the molecule is Cc1cccc(CN2CC(F)(F)C2)c1. The Morgan fingerprint density at radius 2 is 2.07 bits per heavy atom. The smallest absolute Gasteiger partial charge is 0.272 e. The van der Waals surface area contributed by atoms with Crippen molar-refractivity contribution in [3.05, 3.63) is 35.4 Å². The van der Waals surface area contributed by atoms with Crippen molar-refractivity contribution in [1.29, 1.82) is 0 Å². The van der Waals surface area contributed by atoms with E-state index in [1.165, 1.54) is 5.56 Å². The zero-order chi connectivity index (χ0) is 10.2. The molecular formula is C11H13F2N. The van der Waals surface area contributed by atoms with Crippen molar-refractivity contribution in [3.8, 4) is 0 Å². The molecule has 0 amide bonds. The molecule has 0 aliphatic carbocycles. The quantitative estimate of drug-likeness (QED) is 0.704. The molecule has 1 saturated heterocycles. The van der Waals surface area contributed by atoms with Crippen LogP contribution < -0.4 is 0 Å². The third-order valence-corrected chi connectivity index (χ3v) is 2.40. The van der Waals surface area contributed by atoms with Crippen LogP contribution in [0.4, 0.5) is 8.78 Å². The molecule has 1 aliphatic rings. The van der Waals surface area contributed by atoms with Crippen LogP contribution in [0.2, 0.25) is 0 Å². The molecule has 0 spiro atoms. The molecular weight excluding hydrogens is 184 g/mol. The zero-order valence-electron chi connectivity index (χ0n) is 8.13. The molecule has 1 nitrogen and oxygen atoms in total. The average Bonchev–Trinajstić information content (AvgIpc) is 2.00. The lowest BCUT2D eigenvalue weighted by Crippen LogP contribution is -2.55. The molecule has 76 valence electrons. The number of nitrogens with zero attached hydrogens (tertiary/aromatic N) is 1. The highest BCUT2D eigenvalue weighted by molar-refractivity contribution is 5.22. The van der Waals surface area contributed by atoms with Gasteiger partial charge in [0.15, 0.2) is 0 Å². The standard InChI is InChI=1S/C11H13F2N/c1-9-3-2-4-10(5-9)6-14-7-11(12,13)8-14/h2-5H,6-8H2,1H3. The van der Waals surface area contributed by atoms with Crippen molar-refractivity contribution >= 4 is 0 Å². The topological polar surface area (TPSA) is 3.24 Å². The Kier molecular flexibility index (Phi) is 2.27. The van der Waals surface area contributed by atoms with E-state index in [9.17, 15) is 8.78 Å². The fourth-order valence-corrected chi connectivity index (χ4v) is 1.79. The maximum Gasteiger partial charge on any atom is 0.272 e. The molecule has 0 aromatic heterocycles. The normalized spacial score (nSPS) is 20.5. The van der Waals surface area contributed by atoms with Crippen molar-refractivity contribution in [1.82, 2.24) is 4.90 Å². The Morgan fingerprint density at radius 3 is 2.64 bits per heavy atom. The molecule has 1 aromatic carbocycles. The molecule has 0 bridgehead atoms. The van der Waals surface area contributed by atoms with Gasteiger partial charge >= 0.3 is 0 Å². The number of hydrogen-bond donors (Lipinski definition) is 0. The summed E-state index contributed by atoms with van der Waals surface area (Å²) in [5.74, 6) is -2.45. The zero-order valence-corrected chi connectivity index (χ0v) is 8.13. The van der Waals surface area contributed by atoms with Crippen LogP contribution in [0.3, 0.4) is 0 Å². The van der Waals surface area contributed by atoms with Gasteiger partial charge < -0.3 is 0 Å². The first-order valence-corrected chi connectivity index (χ1v) is 4.71. The highest BCUT2D eigenvalue weighted by atomic mass is 19.3. The van der Waals surface area contributed by atoms with Crippen LogP contribution in [0.25, 0.3) is 0 Å². The molecule has 3 heteroatoms. The lowest BCUT2D eigenvalue weighted by Gasteiger charge is -2.38. The number of aryl methyl sites for hydroxylation is 1. The Bertz CT molecular complexity index is 328. The van der Waals surface area contributed by atoms with Gasteiger partial charge in [0.1, 0.15) is 0 Å².